The molecule has 0 unspecified atom stereocenters. The molecular formula is C6H12NO+. The Morgan fingerprint density at radius 3 is 2.00 bits per heavy atom. The Morgan fingerprint density at radius 2 is 2.00 bits per heavy atom. The minimum Gasteiger partial charge on any atom is -0.329 e. The average molecular weight is 114 g/mol. The quantitative estimate of drug-likeness (QED) is 0.528. The number of rotatable bonds is 2. The molecule has 0 saturated heterocycles. The van der Waals surface area contributed by atoms with Crippen molar-refractivity contribution >= 4 is 5.91 Å². The number of hydrogen-bond acceptors (Lipinski definition) is 1. The zero-order chi connectivity index (χ0) is 6.73. The van der Waals surface area contributed by atoms with Gasteiger partial charge in [0.1, 0.15) is 5.92 Å². The van der Waals surface area contributed by atoms with Crippen LogP contribution < -0.4 is 5.73 Å². The monoisotopic (exact) mass is 114 g/mol. The topological polar surface area (TPSA) is 43.1 Å². The van der Waals surface area contributed by atoms with Crippen LogP contribution in [0, 0.1) is 11.8 Å². The van der Waals surface area contributed by atoms with Crippen molar-refractivity contribution in [3.63, 3.8) is 0 Å². The first-order chi connectivity index (χ1) is 3.55. The van der Waals surface area contributed by atoms with Crippen LogP contribution in [0.1, 0.15) is 20.8 Å². The van der Waals surface area contributed by atoms with Gasteiger partial charge in [-0.3, -0.25) is 0 Å². The fraction of sp³-hybridized carbons (Fsp3) is 0.667. The van der Waals surface area contributed by atoms with E-state index in [9.17, 15) is 4.79 Å². The van der Waals surface area contributed by atoms with E-state index in [4.69, 9.17) is 5.73 Å². The third-order valence-electron chi connectivity index (χ3n) is 1.25. The summed E-state index contributed by atoms with van der Waals surface area (Å²) < 4.78 is 0. The first-order valence-electron chi connectivity index (χ1n) is 2.69. The molecule has 0 saturated carbocycles. The average Bonchev–Trinajstić information content (AvgIpc) is 1.64. The summed E-state index contributed by atoms with van der Waals surface area (Å²) in [6.45, 7) is 5.65. The number of carbonyl (C=O) groups excluding carboxylic acids is 1. The molecule has 8 heavy (non-hydrogen) atoms. The summed E-state index contributed by atoms with van der Waals surface area (Å²) in [5, 5.41) is 0. The SMILES string of the molecule is C[C+](C(N)=O)C(C)C. The second kappa shape index (κ2) is 2.60. The molecule has 1 amide bonds. The highest BCUT2D eigenvalue weighted by molar-refractivity contribution is 5.87. The van der Waals surface area contributed by atoms with Gasteiger partial charge in [-0.15, -0.1) is 0 Å². The van der Waals surface area contributed by atoms with Gasteiger partial charge in [0.15, 0.2) is 5.92 Å². The molecule has 0 heterocycles. The zero-order valence-electron chi connectivity index (χ0n) is 5.56. The first-order valence-corrected chi connectivity index (χ1v) is 2.69. The summed E-state index contributed by atoms with van der Waals surface area (Å²) in [6.07, 6.45) is 0. The molecule has 0 bridgehead atoms. The van der Waals surface area contributed by atoms with E-state index in [2.05, 4.69) is 0 Å². The second-order valence-corrected chi connectivity index (χ2v) is 2.20. The maximum atomic E-state index is 10.3. The number of hydrogen-bond donors (Lipinski definition) is 1. The molecule has 46 valence electrons. The van der Waals surface area contributed by atoms with Crippen LogP contribution in [0.3, 0.4) is 0 Å². The number of amides is 1. The van der Waals surface area contributed by atoms with Crippen molar-refractivity contribution in [1.82, 2.24) is 0 Å². The molecule has 0 aromatic carbocycles. The zero-order valence-corrected chi connectivity index (χ0v) is 5.56. The van der Waals surface area contributed by atoms with Crippen LogP contribution in [0.25, 0.3) is 0 Å². The lowest BCUT2D eigenvalue weighted by Gasteiger charge is -1.96. The maximum Gasteiger partial charge on any atom is 0.401 e. The van der Waals surface area contributed by atoms with Crippen molar-refractivity contribution in [2.24, 2.45) is 11.7 Å². The highest BCUT2D eigenvalue weighted by atomic mass is 16.1. The Morgan fingerprint density at radius 1 is 1.62 bits per heavy atom. The van der Waals surface area contributed by atoms with Gasteiger partial charge in [-0.1, -0.05) is 0 Å². The lowest BCUT2D eigenvalue weighted by Crippen LogP contribution is -2.22. The van der Waals surface area contributed by atoms with Crippen LogP contribution in [-0.4, -0.2) is 5.91 Å². The lowest BCUT2D eigenvalue weighted by atomic mass is 9.98. The fourth-order valence-electron chi connectivity index (χ4n) is 0.285. The summed E-state index contributed by atoms with van der Waals surface area (Å²) >= 11 is 0. The van der Waals surface area contributed by atoms with Crippen LogP contribution in [-0.2, 0) is 4.79 Å². The minimum atomic E-state index is -0.292. The fourth-order valence-corrected chi connectivity index (χ4v) is 0.285. The van der Waals surface area contributed by atoms with Crippen LogP contribution in [0.2, 0.25) is 0 Å². The van der Waals surface area contributed by atoms with Gasteiger partial charge in [-0.05, 0) is 13.8 Å². The molecule has 2 heteroatoms. The van der Waals surface area contributed by atoms with Crippen LogP contribution in [0.15, 0.2) is 0 Å². The summed E-state index contributed by atoms with van der Waals surface area (Å²) in [5.74, 6) is 0.734. The van der Waals surface area contributed by atoms with E-state index in [1.54, 1.807) is 6.92 Å². The molecule has 0 aliphatic rings. The predicted molar refractivity (Wildman–Crippen MR) is 32.9 cm³/mol. The van der Waals surface area contributed by atoms with Gasteiger partial charge < -0.3 is 5.73 Å². The molecule has 0 atom stereocenters. The van der Waals surface area contributed by atoms with E-state index >= 15 is 0 Å². The molecule has 0 aliphatic heterocycles. The van der Waals surface area contributed by atoms with Crippen molar-refractivity contribution in [3.8, 4) is 0 Å². The molecule has 0 aromatic rings. The number of nitrogens with two attached hydrogens (primary N) is 1. The van der Waals surface area contributed by atoms with Gasteiger partial charge in [0.25, 0.3) is 0 Å². The maximum absolute atomic E-state index is 10.3. The van der Waals surface area contributed by atoms with E-state index in [1.807, 2.05) is 13.8 Å². The predicted octanol–water partition coefficient (Wildman–Crippen LogP) is 0.722. The summed E-state index contributed by atoms with van der Waals surface area (Å²) in [5.41, 5.74) is 4.96. The third-order valence-corrected chi connectivity index (χ3v) is 1.25. The Labute approximate surface area is 50.1 Å². The third kappa shape index (κ3) is 1.87. The highest BCUT2D eigenvalue weighted by Crippen LogP contribution is 2.09. The number of carbonyl (C=O) groups is 1. The van der Waals surface area contributed by atoms with Crippen molar-refractivity contribution in [2.45, 2.75) is 20.8 Å². The van der Waals surface area contributed by atoms with E-state index in [-0.39, 0.29) is 11.8 Å². The van der Waals surface area contributed by atoms with Gasteiger partial charge in [-0.2, -0.15) is 0 Å². The lowest BCUT2D eigenvalue weighted by molar-refractivity contribution is -0.116. The van der Waals surface area contributed by atoms with E-state index in [1.165, 1.54) is 0 Å². The summed E-state index contributed by atoms with van der Waals surface area (Å²) in [6, 6.07) is 0. The molecule has 0 fully saturated rings. The van der Waals surface area contributed by atoms with Crippen molar-refractivity contribution in [2.75, 3.05) is 0 Å². The molecule has 2 N–H and O–H groups in total. The van der Waals surface area contributed by atoms with Crippen LogP contribution in [0.4, 0.5) is 0 Å². The van der Waals surface area contributed by atoms with Gasteiger partial charge >= 0.3 is 5.91 Å². The molecule has 0 aliphatic carbocycles. The van der Waals surface area contributed by atoms with Crippen molar-refractivity contribution in [1.29, 1.82) is 0 Å². The molecule has 0 aromatic heterocycles. The molecule has 0 spiro atoms. The Hall–Kier alpha value is -0.660. The standard InChI is InChI=1S/C6H11NO/c1-4(2)5(3)6(7)8/h4H,1-3H3,(H-,7,8)/p+1. The van der Waals surface area contributed by atoms with Crippen LogP contribution >= 0.6 is 0 Å². The summed E-state index contributed by atoms with van der Waals surface area (Å²) in [4.78, 5) is 10.3. The Balaban J connectivity index is 3.64. The minimum absolute atomic E-state index is 0.285. The van der Waals surface area contributed by atoms with E-state index in [0.717, 1.165) is 5.92 Å². The highest BCUT2D eigenvalue weighted by Gasteiger charge is 2.25. The van der Waals surface area contributed by atoms with Gasteiger partial charge in [0.05, 0.1) is 6.92 Å². The Kier molecular flexibility index (Phi) is 2.38. The second-order valence-electron chi connectivity index (χ2n) is 2.20. The first kappa shape index (κ1) is 7.34. The van der Waals surface area contributed by atoms with E-state index in [0.29, 0.717) is 0 Å². The van der Waals surface area contributed by atoms with Gasteiger partial charge in [0, 0.05) is 0 Å². The Bertz CT molecular complexity index is 88.5. The normalized spacial score (nSPS) is 9.50. The van der Waals surface area contributed by atoms with Crippen molar-refractivity contribution in [3.05, 3.63) is 5.92 Å². The largest absolute Gasteiger partial charge is 0.401 e. The van der Waals surface area contributed by atoms with Crippen LogP contribution in [0.5, 0.6) is 0 Å². The van der Waals surface area contributed by atoms with Gasteiger partial charge in [0.2, 0.25) is 0 Å². The molecular weight excluding hydrogens is 102 g/mol. The van der Waals surface area contributed by atoms with Gasteiger partial charge in [-0.25, -0.2) is 4.79 Å². The number of primary amides is 1. The van der Waals surface area contributed by atoms with E-state index < -0.39 is 0 Å². The van der Waals surface area contributed by atoms with Crippen molar-refractivity contribution < 1.29 is 4.79 Å². The smallest absolute Gasteiger partial charge is 0.329 e. The molecule has 0 rings (SSSR count). The summed E-state index contributed by atoms with van der Waals surface area (Å²) in [7, 11) is 0. The molecule has 0 radical (unpaired) electrons. The molecule has 2 nitrogen and oxygen atoms in total.